The van der Waals surface area contributed by atoms with Gasteiger partial charge in [-0.25, -0.2) is 0 Å². The number of likely N-dealkylation sites (tertiary alicyclic amines) is 1. The molecule has 1 atom stereocenters. The highest BCUT2D eigenvalue weighted by atomic mass is 16.5. The number of para-hydroxylation sites is 1. The number of aliphatic hydroxyl groups is 1. The summed E-state index contributed by atoms with van der Waals surface area (Å²) in [6, 6.07) is 6.01. The van der Waals surface area contributed by atoms with Gasteiger partial charge in [-0.15, -0.1) is 0 Å². The van der Waals surface area contributed by atoms with Crippen LogP contribution >= 0.6 is 0 Å². The van der Waals surface area contributed by atoms with Crippen LogP contribution in [0.5, 0.6) is 11.5 Å². The molecule has 0 aromatic heterocycles. The fourth-order valence-electron chi connectivity index (χ4n) is 4.34. The van der Waals surface area contributed by atoms with E-state index in [-0.39, 0.29) is 5.41 Å². The van der Waals surface area contributed by atoms with Gasteiger partial charge in [0.15, 0.2) is 11.5 Å². The van der Waals surface area contributed by atoms with Crippen LogP contribution in [0.2, 0.25) is 0 Å². The quantitative estimate of drug-likeness (QED) is 0.817. The molecule has 0 aliphatic carbocycles. The Kier molecular flexibility index (Phi) is 6.31. The second-order valence-electron chi connectivity index (χ2n) is 8.42. The fourth-order valence-corrected chi connectivity index (χ4v) is 4.34. The smallest absolute Gasteiger partial charge is 0.165 e. The van der Waals surface area contributed by atoms with Gasteiger partial charge >= 0.3 is 0 Å². The van der Waals surface area contributed by atoms with Crippen LogP contribution in [0, 0.1) is 5.41 Å². The zero-order chi connectivity index (χ0) is 19.5. The van der Waals surface area contributed by atoms with Gasteiger partial charge in [0, 0.05) is 50.2 Å². The molecule has 6 heteroatoms. The molecule has 0 radical (unpaired) electrons. The highest BCUT2D eigenvalue weighted by Gasteiger charge is 2.48. The van der Waals surface area contributed by atoms with Gasteiger partial charge in [-0.3, -0.25) is 9.80 Å². The Morgan fingerprint density at radius 3 is 2.44 bits per heavy atom. The van der Waals surface area contributed by atoms with E-state index in [4.69, 9.17) is 14.2 Å². The van der Waals surface area contributed by atoms with Crippen molar-refractivity contribution >= 4 is 0 Å². The lowest BCUT2D eigenvalue weighted by Crippen LogP contribution is -2.62. The summed E-state index contributed by atoms with van der Waals surface area (Å²) in [7, 11) is 3.35. The lowest BCUT2D eigenvalue weighted by atomic mass is 9.69. The lowest BCUT2D eigenvalue weighted by molar-refractivity contribution is -0.141. The highest BCUT2D eigenvalue weighted by molar-refractivity contribution is 5.46. The van der Waals surface area contributed by atoms with Gasteiger partial charge in [-0.2, -0.15) is 0 Å². The maximum Gasteiger partial charge on any atom is 0.165 e. The van der Waals surface area contributed by atoms with Gasteiger partial charge < -0.3 is 19.3 Å². The third-order valence-electron chi connectivity index (χ3n) is 6.19. The van der Waals surface area contributed by atoms with Gasteiger partial charge in [0.25, 0.3) is 0 Å². The van der Waals surface area contributed by atoms with Crippen LogP contribution in [0.15, 0.2) is 18.2 Å². The number of methoxy groups -OCH3 is 2. The molecule has 2 saturated heterocycles. The number of morpholine rings is 1. The van der Waals surface area contributed by atoms with E-state index in [0.29, 0.717) is 0 Å². The predicted octanol–water partition coefficient (Wildman–Crippen LogP) is 2.00. The zero-order valence-electron chi connectivity index (χ0n) is 17.2. The largest absolute Gasteiger partial charge is 0.493 e. The number of hydrogen-bond donors (Lipinski definition) is 1. The molecule has 3 rings (SSSR count). The molecule has 1 aromatic carbocycles. The molecule has 1 aromatic rings. The highest BCUT2D eigenvalue weighted by Crippen LogP contribution is 2.41. The summed E-state index contributed by atoms with van der Waals surface area (Å²) in [5, 5.41) is 11.5. The maximum absolute atomic E-state index is 11.5. The van der Waals surface area contributed by atoms with Crippen molar-refractivity contribution in [2.24, 2.45) is 5.41 Å². The lowest BCUT2D eigenvalue weighted by Gasteiger charge is -2.52. The minimum absolute atomic E-state index is 0.199. The van der Waals surface area contributed by atoms with Gasteiger partial charge in [0.05, 0.1) is 33.0 Å². The molecule has 2 aliphatic heterocycles. The summed E-state index contributed by atoms with van der Waals surface area (Å²) in [4.78, 5) is 4.75. The van der Waals surface area contributed by atoms with E-state index in [1.807, 2.05) is 12.1 Å². The van der Waals surface area contributed by atoms with Crippen molar-refractivity contribution in [2.75, 3.05) is 60.2 Å². The third-order valence-corrected chi connectivity index (χ3v) is 6.19. The maximum atomic E-state index is 11.5. The van der Waals surface area contributed by atoms with E-state index >= 15 is 0 Å². The molecule has 2 fully saturated rings. The van der Waals surface area contributed by atoms with Crippen molar-refractivity contribution in [1.29, 1.82) is 0 Å². The van der Waals surface area contributed by atoms with Crippen LogP contribution in [0.4, 0.5) is 0 Å². The first-order valence-corrected chi connectivity index (χ1v) is 9.83. The van der Waals surface area contributed by atoms with Crippen LogP contribution in [0.25, 0.3) is 0 Å². The number of ether oxygens (including phenoxy) is 3. The molecular formula is C21H34N2O4. The third kappa shape index (κ3) is 4.40. The van der Waals surface area contributed by atoms with Crippen LogP contribution in [0.1, 0.15) is 25.8 Å². The summed E-state index contributed by atoms with van der Waals surface area (Å²) in [5.74, 6) is 1.56. The van der Waals surface area contributed by atoms with E-state index in [1.54, 1.807) is 14.2 Å². The van der Waals surface area contributed by atoms with Crippen molar-refractivity contribution in [1.82, 2.24) is 9.80 Å². The first-order chi connectivity index (χ1) is 12.9. The van der Waals surface area contributed by atoms with E-state index in [2.05, 4.69) is 29.7 Å². The Labute approximate surface area is 163 Å². The van der Waals surface area contributed by atoms with Crippen molar-refractivity contribution in [3.63, 3.8) is 0 Å². The number of nitrogens with zero attached hydrogens (tertiary/aromatic N) is 2. The minimum atomic E-state index is -0.681. The number of piperidine rings is 1. The van der Waals surface area contributed by atoms with Gasteiger partial charge in [0.1, 0.15) is 0 Å². The van der Waals surface area contributed by atoms with E-state index in [9.17, 15) is 5.11 Å². The second kappa shape index (κ2) is 8.35. The number of benzene rings is 1. The zero-order valence-corrected chi connectivity index (χ0v) is 17.2. The molecule has 6 nitrogen and oxygen atoms in total. The molecule has 1 N–H and O–H groups in total. The van der Waals surface area contributed by atoms with Crippen molar-refractivity contribution in [3.05, 3.63) is 23.8 Å². The summed E-state index contributed by atoms with van der Waals surface area (Å²) >= 11 is 0. The summed E-state index contributed by atoms with van der Waals surface area (Å²) in [5.41, 5.74) is 0.237. The number of β-amino-alcohol motifs (C(OH)–C–C–N with tert-alkyl or cyclic N) is 1. The van der Waals surface area contributed by atoms with Crippen molar-refractivity contribution in [3.8, 4) is 11.5 Å². The van der Waals surface area contributed by atoms with Crippen LogP contribution in [-0.4, -0.2) is 80.7 Å². The fraction of sp³-hybridized carbons (Fsp3) is 0.714. The number of hydrogen-bond acceptors (Lipinski definition) is 6. The average Bonchev–Trinajstić information content (AvgIpc) is 2.65. The van der Waals surface area contributed by atoms with Crippen molar-refractivity contribution < 1.29 is 19.3 Å². The van der Waals surface area contributed by atoms with E-state index < -0.39 is 5.60 Å². The Hall–Kier alpha value is -1.34. The topological polar surface area (TPSA) is 54.4 Å². The summed E-state index contributed by atoms with van der Waals surface area (Å²) < 4.78 is 16.5. The van der Waals surface area contributed by atoms with Gasteiger partial charge in [-0.05, 0) is 12.5 Å². The normalized spacial score (nSPS) is 26.7. The van der Waals surface area contributed by atoms with Crippen LogP contribution in [-0.2, 0) is 11.3 Å². The van der Waals surface area contributed by atoms with Gasteiger partial charge in [-0.1, -0.05) is 26.0 Å². The Morgan fingerprint density at radius 1 is 1.07 bits per heavy atom. The molecule has 0 saturated carbocycles. The first-order valence-electron chi connectivity index (χ1n) is 9.83. The van der Waals surface area contributed by atoms with Crippen LogP contribution in [0.3, 0.4) is 0 Å². The van der Waals surface area contributed by atoms with Crippen molar-refractivity contribution in [2.45, 2.75) is 32.4 Å². The summed E-state index contributed by atoms with van der Waals surface area (Å²) in [6.07, 6.45) is 0.768. The van der Waals surface area contributed by atoms with E-state index in [1.165, 1.54) is 0 Å². The standard InChI is InChI=1S/C21H34N2O4/c1-20(2)15-23(14-17-6-5-7-18(25-3)19(17)26-4)9-8-21(20,24)16-22-10-12-27-13-11-22/h5-7,24H,8-16H2,1-4H3. The molecular weight excluding hydrogens is 344 g/mol. The average molecular weight is 379 g/mol. The molecule has 0 spiro atoms. The SMILES string of the molecule is COc1cccc(CN2CCC(O)(CN3CCOCC3)C(C)(C)C2)c1OC. The number of rotatable bonds is 6. The Bertz CT molecular complexity index is 631. The Balaban J connectivity index is 1.68. The molecule has 0 bridgehead atoms. The monoisotopic (exact) mass is 378 g/mol. The molecule has 1 unspecified atom stereocenters. The molecule has 0 amide bonds. The molecule has 27 heavy (non-hydrogen) atoms. The van der Waals surface area contributed by atoms with Gasteiger partial charge in [0.2, 0.25) is 0 Å². The van der Waals surface area contributed by atoms with Crippen LogP contribution < -0.4 is 9.47 Å². The summed E-state index contributed by atoms with van der Waals surface area (Å²) in [6.45, 7) is 10.9. The first kappa shape index (κ1) is 20.4. The second-order valence-corrected chi connectivity index (χ2v) is 8.42. The predicted molar refractivity (Wildman–Crippen MR) is 105 cm³/mol. The van der Waals surface area contributed by atoms with E-state index in [0.717, 1.165) is 76.0 Å². The molecule has 2 heterocycles. The Morgan fingerprint density at radius 2 is 1.81 bits per heavy atom. The molecule has 152 valence electrons. The molecule has 2 aliphatic rings. The minimum Gasteiger partial charge on any atom is -0.493 e.